The highest BCUT2D eigenvalue weighted by Gasteiger charge is 2.39. The lowest BCUT2D eigenvalue weighted by Gasteiger charge is -2.26. The van der Waals surface area contributed by atoms with Crippen LogP contribution < -0.4 is 0 Å². The van der Waals surface area contributed by atoms with Crippen LogP contribution in [0.25, 0.3) is 5.57 Å². The van der Waals surface area contributed by atoms with Gasteiger partial charge in [-0.05, 0) is 29.7 Å². The van der Waals surface area contributed by atoms with E-state index in [1.165, 1.54) is 12.1 Å². The lowest BCUT2D eigenvalue weighted by Crippen LogP contribution is -2.30. The van der Waals surface area contributed by atoms with Crippen molar-refractivity contribution in [3.05, 3.63) is 101 Å². The minimum Gasteiger partial charge on any atom is -0.375 e. The Morgan fingerprint density at radius 1 is 1.09 bits per heavy atom. The van der Waals surface area contributed by atoms with Crippen LogP contribution in [-0.4, -0.2) is 42.0 Å². The van der Waals surface area contributed by atoms with E-state index in [9.17, 15) is 9.59 Å². The number of carbonyl (C=O) groups excluding carboxylic acids is 2. The zero-order chi connectivity index (χ0) is 23.7. The molecule has 6 heteroatoms. The molecule has 1 aliphatic carbocycles. The van der Waals surface area contributed by atoms with E-state index in [4.69, 9.17) is 9.84 Å². The molecule has 5 rings (SSSR count). The smallest absolute Gasteiger partial charge is 0.279 e. The number of rotatable bonds is 5. The number of dihydropyridines is 1. The standard InChI is InChI=1S/C28H25N3O3/c1-18-12-14-19(15-13-18)24-16-23(30-31(24)25(32)17-34-2)27-26(20-8-4-3-5-9-20)21-10-6-7-11-22(21)29-28(27)33/h3-15,21,24H,16-17H2,1-2H3. The third-order valence-corrected chi connectivity index (χ3v) is 6.29. The Morgan fingerprint density at radius 3 is 2.59 bits per heavy atom. The van der Waals surface area contributed by atoms with E-state index in [0.29, 0.717) is 17.7 Å². The molecule has 0 radical (unpaired) electrons. The average molecular weight is 452 g/mol. The van der Waals surface area contributed by atoms with Gasteiger partial charge in [-0.3, -0.25) is 9.59 Å². The second kappa shape index (κ2) is 9.15. The summed E-state index contributed by atoms with van der Waals surface area (Å²) in [5.74, 6) is -0.727. The summed E-state index contributed by atoms with van der Waals surface area (Å²) in [4.78, 5) is 30.7. The van der Waals surface area contributed by atoms with E-state index >= 15 is 0 Å². The van der Waals surface area contributed by atoms with Gasteiger partial charge in [0.05, 0.1) is 23.0 Å². The topological polar surface area (TPSA) is 71.3 Å². The molecule has 2 aliphatic heterocycles. The molecular weight excluding hydrogens is 426 g/mol. The second-order valence-electron chi connectivity index (χ2n) is 8.57. The molecule has 6 nitrogen and oxygen atoms in total. The van der Waals surface area contributed by atoms with Gasteiger partial charge in [-0.2, -0.15) is 5.10 Å². The van der Waals surface area contributed by atoms with Gasteiger partial charge in [0.25, 0.3) is 11.8 Å². The lowest BCUT2D eigenvalue weighted by atomic mass is 9.79. The number of hydrogen-bond acceptors (Lipinski definition) is 4. The molecule has 2 heterocycles. The quantitative estimate of drug-likeness (QED) is 0.674. The molecule has 0 saturated carbocycles. The predicted octanol–water partition coefficient (Wildman–Crippen LogP) is 4.45. The third kappa shape index (κ3) is 3.97. The number of hydrogen-bond donors (Lipinski definition) is 0. The zero-order valence-corrected chi connectivity index (χ0v) is 19.1. The van der Waals surface area contributed by atoms with Crippen LogP contribution >= 0.6 is 0 Å². The number of benzene rings is 2. The summed E-state index contributed by atoms with van der Waals surface area (Å²) in [6.07, 6.45) is 8.21. The zero-order valence-electron chi connectivity index (χ0n) is 19.1. The van der Waals surface area contributed by atoms with E-state index in [0.717, 1.165) is 28.0 Å². The maximum Gasteiger partial charge on any atom is 0.279 e. The SMILES string of the molecule is COCC(=O)N1N=C(C2=C(c3ccccc3)C3C=CC=CC3=NC2=O)CC1c1ccc(C)cc1. The number of aliphatic imine (C=N–C) groups is 1. The molecule has 2 aromatic carbocycles. The number of methoxy groups -OCH3 is 1. The molecule has 2 unspecified atom stereocenters. The molecule has 2 amide bonds. The van der Waals surface area contributed by atoms with Gasteiger partial charge in [-0.25, -0.2) is 10.0 Å². The molecule has 3 aliphatic rings. The Hall–Kier alpha value is -3.90. The number of hydrazone groups is 1. The molecular formula is C28H25N3O3. The van der Waals surface area contributed by atoms with Gasteiger partial charge >= 0.3 is 0 Å². The molecule has 2 aromatic rings. The summed E-state index contributed by atoms with van der Waals surface area (Å²) in [5.41, 5.74) is 5.68. The summed E-state index contributed by atoms with van der Waals surface area (Å²) in [6.45, 7) is 1.93. The van der Waals surface area contributed by atoms with E-state index in [1.54, 1.807) is 0 Å². The van der Waals surface area contributed by atoms with E-state index in [-0.39, 0.29) is 30.4 Å². The molecule has 0 fully saturated rings. The number of nitrogens with zero attached hydrogens (tertiary/aromatic N) is 3. The van der Waals surface area contributed by atoms with Crippen LogP contribution in [0, 0.1) is 12.8 Å². The first-order valence-corrected chi connectivity index (χ1v) is 11.3. The van der Waals surface area contributed by atoms with Gasteiger partial charge in [-0.15, -0.1) is 0 Å². The normalized spacial score (nSPS) is 21.5. The predicted molar refractivity (Wildman–Crippen MR) is 132 cm³/mol. The highest BCUT2D eigenvalue weighted by molar-refractivity contribution is 6.33. The first kappa shape index (κ1) is 21.9. The number of ether oxygens (including phenoxy) is 1. The van der Waals surface area contributed by atoms with Gasteiger partial charge in [0, 0.05) is 19.4 Å². The van der Waals surface area contributed by atoms with Crippen molar-refractivity contribution in [2.45, 2.75) is 19.4 Å². The Bertz CT molecular complexity index is 1280. The highest BCUT2D eigenvalue weighted by atomic mass is 16.5. The Balaban J connectivity index is 1.64. The van der Waals surface area contributed by atoms with Crippen LogP contribution in [0.2, 0.25) is 0 Å². The lowest BCUT2D eigenvalue weighted by molar-refractivity contribution is -0.137. The first-order chi connectivity index (χ1) is 16.6. The minimum atomic E-state index is -0.326. The van der Waals surface area contributed by atoms with Crippen LogP contribution in [-0.2, 0) is 14.3 Å². The van der Waals surface area contributed by atoms with Crippen molar-refractivity contribution in [1.29, 1.82) is 0 Å². The highest BCUT2D eigenvalue weighted by Crippen LogP contribution is 2.40. The minimum absolute atomic E-state index is 0.0872. The van der Waals surface area contributed by atoms with Gasteiger partial charge < -0.3 is 4.74 Å². The van der Waals surface area contributed by atoms with Crippen LogP contribution in [0.3, 0.4) is 0 Å². The first-order valence-electron chi connectivity index (χ1n) is 11.3. The van der Waals surface area contributed by atoms with Crippen molar-refractivity contribution < 1.29 is 14.3 Å². The molecule has 0 aromatic heterocycles. The summed E-state index contributed by atoms with van der Waals surface area (Å²) >= 11 is 0. The van der Waals surface area contributed by atoms with E-state index < -0.39 is 0 Å². The van der Waals surface area contributed by atoms with Crippen molar-refractivity contribution in [2.75, 3.05) is 13.7 Å². The van der Waals surface area contributed by atoms with Crippen molar-refractivity contribution in [2.24, 2.45) is 16.0 Å². The number of amides is 2. The largest absolute Gasteiger partial charge is 0.375 e. The average Bonchev–Trinajstić information content (AvgIpc) is 3.29. The maximum absolute atomic E-state index is 13.4. The van der Waals surface area contributed by atoms with Crippen LogP contribution in [0.1, 0.15) is 29.2 Å². The Kier molecular flexibility index (Phi) is 5.90. The van der Waals surface area contributed by atoms with Gasteiger partial charge in [0.2, 0.25) is 0 Å². The fourth-order valence-electron chi connectivity index (χ4n) is 4.68. The van der Waals surface area contributed by atoms with E-state index in [1.807, 2.05) is 79.7 Å². The van der Waals surface area contributed by atoms with Crippen molar-refractivity contribution >= 4 is 28.8 Å². The maximum atomic E-state index is 13.4. The Morgan fingerprint density at radius 2 is 1.85 bits per heavy atom. The number of allylic oxidation sites excluding steroid dienone is 5. The van der Waals surface area contributed by atoms with Crippen LogP contribution in [0.5, 0.6) is 0 Å². The summed E-state index contributed by atoms with van der Waals surface area (Å²) in [5, 5.41) is 6.17. The van der Waals surface area contributed by atoms with Crippen molar-refractivity contribution in [3.8, 4) is 0 Å². The van der Waals surface area contributed by atoms with E-state index in [2.05, 4.69) is 11.1 Å². The molecule has 0 N–H and O–H groups in total. The Labute approximate surface area is 198 Å². The number of carbonyl (C=O) groups is 2. The summed E-state index contributed by atoms with van der Waals surface area (Å²) in [6, 6.07) is 17.6. The summed E-state index contributed by atoms with van der Waals surface area (Å²) in [7, 11) is 1.49. The molecule has 170 valence electrons. The number of fused-ring (bicyclic) bond motifs is 1. The van der Waals surface area contributed by atoms with Gasteiger partial charge in [0.1, 0.15) is 6.61 Å². The van der Waals surface area contributed by atoms with Crippen LogP contribution in [0.15, 0.2) is 94.6 Å². The monoisotopic (exact) mass is 451 g/mol. The van der Waals surface area contributed by atoms with Crippen molar-refractivity contribution in [3.63, 3.8) is 0 Å². The van der Waals surface area contributed by atoms with Gasteiger partial charge in [-0.1, -0.05) is 78.4 Å². The fourth-order valence-corrected chi connectivity index (χ4v) is 4.68. The fraction of sp³-hybridized carbons (Fsp3) is 0.214. The summed E-state index contributed by atoms with van der Waals surface area (Å²) < 4.78 is 5.10. The van der Waals surface area contributed by atoms with Crippen LogP contribution in [0.4, 0.5) is 0 Å². The van der Waals surface area contributed by atoms with Crippen molar-refractivity contribution in [1.82, 2.24) is 5.01 Å². The molecule has 0 bridgehead atoms. The third-order valence-electron chi connectivity index (χ3n) is 6.29. The molecule has 0 spiro atoms. The molecule has 2 atom stereocenters. The number of aryl methyl sites for hydroxylation is 1. The molecule has 34 heavy (non-hydrogen) atoms. The second-order valence-corrected chi connectivity index (χ2v) is 8.57. The molecule has 0 saturated heterocycles. The van der Waals surface area contributed by atoms with Gasteiger partial charge in [0.15, 0.2) is 0 Å².